The second kappa shape index (κ2) is 8.42. The molecule has 8 heteroatoms. The Labute approximate surface area is 164 Å². The molecule has 1 atom stereocenters. The van der Waals surface area contributed by atoms with Gasteiger partial charge < -0.3 is 5.32 Å². The van der Waals surface area contributed by atoms with E-state index >= 15 is 0 Å². The van der Waals surface area contributed by atoms with Crippen LogP contribution in [0.2, 0.25) is 5.02 Å². The van der Waals surface area contributed by atoms with Gasteiger partial charge in [-0.05, 0) is 63.1 Å². The number of halogens is 1. The molecule has 144 valence electrons. The number of thiazole rings is 1. The van der Waals surface area contributed by atoms with Crippen molar-refractivity contribution in [1.29, 1.82) is 0 Å². The first-order chi connectivity index (χ1) is 12.4. The number of aromatic nitrogens is 1. The molecule has 1 aliphatic rings. The molecule has 26 heavy (non-hydrogen) atoms. The van der Waals surface area contributed by atoms with Crippen LogP contribution in [0.25, 0.3) is 10.2 Å². The van der Waals surface area contributed by atoms with Gasteiger partial charge in [0, 0.05) is 17.6 Å². The molecule has 0 spiro atoms. The molecule has 0 bridgehead atoms. The molecule has 0 radical (unpaired) electrons. The van der Waals surface area contributed by atoms with Gasteiger partial charge in [-0.15, -0.1) is 0 Å². The van der Waals surface area contributed by atoms with Crippen LogP contribution in [0.1, 0.15) is 46.0 Å². The van der Waals surface area contributed by atoms with Crippen LogP contribution in [-0.4, -0.2) is 31.2 Å². The van der Waals surface area contributed by atoms with Gasteiger partial charge in [0.25, 0.3) is 0 Å². The predicted molar refractivity (Wildman–Crippen MR) is 111 cm³/mol. The fraction of sp³-hybridized carbons (Fsp3) is 0.611. The number of fused-ring (bicyclic) bond motifs is 1. The Morgan fingerprint density at radius 3 is 2.73 bits per heavy atom. The van der Waals surface area contributed by atoms with Crippen LogP contribution in [0.5, 0.6) is 0 Å². The van der Waals surface area contributed by atoms with Gasteiger partial charge in [0.2, 0.25) is 10.0 Å². The summed E-state index contributed by atoms with van der Waals surface area (Å²) in [6, 6.07) is 6.15. The van der Waals surface area contributed by atoms with Crippen molar-refractivity contribution in [3.63, 3.8) is 0 Å². The van der Waals surface area contributed by atoms with Crippen molar-refractivity contribution in [1.82, 2.24) is 9.71 Å². The zero-order valence-electron chi connectivity index (χ0n) is 15.2. The van der Waals surface area contributed by atoms with E-state index in [1.807, 2.05) is 25.1 Å². The van der Waals surface area contributed by atoms with Gasteiger partial charge in [-0.2, -0.15) is 0 Å². The number of rotatable bonds is 7. The van der Waals surface area contributed by atoms with E-state index in [9.17, 15) is 8.42 Å². The van der Waals surface area contributed by atoms with Gasteiger partial charge in [-0.3, -0.25) is 0 Å². The smallest absolute Gasteiger partial charge is 0.214 e. The van der Waals surface area contributed by atoms with E-state index in [-0.39, 0.29) is 5.25 Å². The summed E-state index contributed by atoms with van der Waals surface area (Å²) in [5, 5.41) is 4.87. The maximum absolute atomic E-state index is 12.1. The van der Waals surface area contributed by atoms with E-state index < -0.39 is 10.0 Å². The van der Waals surface area contributed by atoms with Crippen molar-refractivity contribution < 1.29 is 8.42 Å². The third kappa shape index (κ3) is 4.88. The van der Waals surface area contributed by atoms with E-state index in [0.717, 1.165) is 46.1 Å². The Bertz CT molecular complexity index is 845. The lowest BCUT2D eigenvalue weighted by Gasteiger charge is -2.29. The van der Waals surface area contributed by atoms with Gasteiger partial charge >= 0.3 is 0 Å². The number of nitrogens with zero attached hydrogens (tertiary/aromatic N) is 1. The molecule has 0 saturated heterocycles. The normalized spacial score (nSPS) is 22.4. The minimum atomic E-state index is -3.17. The molecule has 0 aliphatic heterocycles. The molecular weight excluding hydrogens is 390 g/mol. The highest BCUT2D eigenvalue weighted by Crippen LogP contribution is 2.31. The van der Waals surface area contributed by atoms with Crippen LogP contribution < -0.4 is 10.0 Å². The first kappa shape index (κ1) is 19.9. The predicted octanol–water partition coefficient (Wildman–Crippen LogP) is 4.64. The van der Waals surface area contributed by atoms with Gasteiger partial charge in [-0.1, -0.05) is 29.9 Å². The Hall–Kier alpha value is -0.890. The summed E-state index contributed by atoms with van der Waals surface area (Å²) in [6.45, 7) is 4.21. The highest BCUT2D eigenvalue weighted by Gasteiger charge is 2.25. The summed E-state index contributed by atoms with van der Waals surface area (Å²) in [5.74, 6) is 0.418. The van der Waals surface area contributed by atoms with Crippen molar-refractivity contribution in [2.75, 3.05) is 11.9 Å². The standard InChI is InChI=1S/C18H26ClN3O2S2/c1-3-12(2)26(23,24)20-11-13-4-7-15(8-5-13)21-18-22-16-9-6-14(19)10-17(16)25-18/h6,9-10,12-13,15,20H,3-5,7-8,11H2,1-2H3,(H,21,22). The summed E-state index contributed by atoms with van der Waals surface area (Å²) in [4.78, 5) is 4.62. The van der Waals surface area contributed by atoms with Crippen LogP contribution >= 0.6 is 22.9 Å². The van der Waals surface area contributed by atoms with Gasteiger partial charge in [-0.25, -0.2) is 18.1 Å². The Balaban J connectivity index is 1.49. The van der Waals surface area contributed by atoms with Gasteiger partial charge in [0.05, 0.1) is 15.5 Å². The summed E-state index contributed by atoms with van der Waals surface area (Å²) in [5.41, 5.74) is 0.968. The summed E-state index contributed by atoms with van der Waals surface area (Å²) in [6.07, 6.45) is 4.76. The van der Waals surface area contributed by atoms with Crippen LogP contribution in [0.3, 0.4) is 0 Å². The molecule has 1 aromatic heterocycles. The summed E-state index contributed by atoms with van der Waals surface area (Å²) >= 11 is 7.66. The largest absolute Gasteiger partial charge is 0.359 e. The molecule has 5 nitrogen and oxygen atoms in total. The summed E-state index contributed by atoms with van der Waals surface area (Å²) < 4.78 is 28.0. The van der Waals surface area contributed by atoms with Gasteiger partial charge in [0.15, 0.2) is 5.13 Å². The van der Waals surface area contributed by atoms with Crippen LogP contribution in [0, 0.1) is 5.92 Å². The van der Waals surface area contributed by atoms with Crippen LogP contribution in [0.4, 0.5) is 5.13 Å². The van der Waals surface area contributed by atoms with Crippen LogP contribution in [0.15, 0.2) is 18.2 Å². The number of nitrogens with one attached hydrogen (secondary N) is 2. The average Bonchev–Trinajstić information content (AvgIpc) is 3.01. The monoisotopic (exact) mass is 415 g/mol. The van der Waals surface area contributed by atoms with Crippen molar-refractivity contribution >= 4 is 48.3 Å². The highest BCUT2D eigenvalue weighted by atomic mass is 35.5. The zero-order chi connectivity index (χ0) is 18.7. The molecule has 2 aromatic rings. The minimum absolute atomic E-state index is 0.326. The quantitative estimate of drug-likeness (QED) is 0.691. The van der Waals surface area contributed by atoms with Crippen molar-refractivity contribution in [2.24, 2.45) is 5.92 Å². The number of hydrogen-bond acceptors (Lipinski definition) is 5. The molecule has 1 fully saturated rings. The Kier molecular flexibility index (Phi) is 6.43. The molecule has 1 heterocycles. The second-order valence-corrected chi connectivity index (χ2v) is 10.8. The van der Waals surface area contributed by atoms with Crippen molar-refractivity contribution in [3.8, 4) is 0 Å². The van der Waals surface area contributed by atoms with E-state index in [2.05, 4.69) is 15.0 Å². The van der Waals surface area contributed by atoms with E-state index in [4.69, 9.17) is 11.6 Å². The lowest BCUT2D eigenvalue weighted by atomic mass is 9.86. The third-order valence-corrected chi connectivity index (χ3v) is 8.35. The van der Waals surface area contributed by atoms with Gasteiger partial charge in [0.1, 0.15) is 0 Å². The number of hydrogen-bond donors (Lipinski definition) is 2. The first-order valence-corrected chi connectivity index (χ1v) is 11.9. The van der Waals surface area contributed by atoms with Crippen LogP contribution in [-0.2, 0) is 10.0 Å². The zero-order valence-corrected chi connectivity index (χ0v) is 17.6. The fourth-order valence-corrected chi connectivity index (χ4v) is 5.65. The molecule has 1 aromatic carbocycles. The fourth-order valence-electron chi connectivity index (χ4n) is 3.24. The minimum Gasteiger partial charge on any atom is -0.359 e. The third-order valence-electron chi connectivity index (χ3n) is 5.20. The van der Waals surface area contributed by atoms with Crippen molar-refractivity contribution in [3.05, 3.63) is 23.2 Å². The Morgan fingerprint density at radius 1 is 1.31 bits per heavy atom. The van der Waals surface area contributed by atoms with Crippen molar-refractivity contribution in [2.45, 2.75) is 57.2 Å². The molecular formula is C18H26ClN3O2S2. The number of benzene rings is 1. The molecule has 1 saturated carbocycles. The maximum atomic E-state index is 12.1. The molecule has 3 rings (SSSR count). The second-order valence-electron chi connectivity index (χ2n) is 7.11. The summed E-state index contributed by atoms with van der Waals surface area (Å²) in [7, 11) is -3.17. The lowest BCUT2D eigenvalue weighted by Crippen LogP contribution is -2.37. The number of anilines is 1. The van der Waals surface area contributed by atoms with E-state index in [0.29, 0.717) is 24.9 Å². The molecule has 0 amide bonds. The lowest BCUT2D eigenvalue weighted by molar-refractivity contribution is 0.337. The van der Waals surface area contributed by atoms with E-state index in [1.54, 1.807) is 18.3 Å². The molecule has 1 aliphatic carbocycles. The average molecular weight is 416 g/mol. The SMILES string of the molecule is CCC(C)S(=O)(=O)NCC1CCC(Nc2nc3ccc(Cl)cc3s2)CC1. The number of sulfonamides is 1. The highest BCUT2D eigenvalue weighted by molar-refractivity contribution is 7.90. The molecule has 2 N–H and O–H groups in total. The topological polar surface area (TPSA) is 71.1 Å². The molecule has 1 unspecified atom stereocenters. The Morgan fingerprint density at radius 2 is 2.04 bits per heavy atom. The van der Waals surface area contributed by atoms with E-state index in [1.165, 1.54) is 0 Å². The maximum Gasteiger partial charge on any atom is 0.214 e. The first-order valence-electron chi connectivity index (χ1n) is 9.18.